The van der Waals surface area contributed by atoms with Crippen molar-refractivity contribution < 1.29 is 4.79 Å². The van der Waals surface area contributed by atoms with Gasteiger partial charge in [-0.1, -0.05) is 23.7 Å². The molecule has 0 spiro atoms. The first kappa shape index (κ1) is 15.9. The van der Waals surface area contributed by atoms with Gasteiger partial charge in [-0.25, -0.2) is 0 Å². The van der Waals surface area contributed by atoms with Gasteiger partial charge in [-0.3, -0.25) is 4.79 Å². The van der Waals surface area contributed by atoms with Crippen molar-refractivity contribution in [1.29, 1.82) is 0 Å². The molecule has 1 amide bonds. The fourth-order valence-corrected chi connectivity index (χ4v) is 3.01. The molecular weight excluding hydrogens is 304 g/mol. The molecule has 1 aromatic heterocycles. The van der Waals surface area contributed by atoms with Gasteiger partial charge in [0.1, 0.15) is 0 Å². The summed E-state index contributed by atoms with van der Waals surface area (Å²) < 4.78 is 0.801. The number of carbonyl (C=O) groups excluding carboxylic acids is 1. The predicted molar refractivity (Wildman–Crippen MR) is 90.0 cm³/mol. The lowest BCUT2D eigenvalue weighted by Gasteiger charge is -2.17. The van der Waals surface area contributed by atoms with Crippen LogP contribution in [0.15, 0.2) is 35.7 Å². The quantitative estimate of drug-likeness (QED) is 0.875. The SMILES string of the molecule is CC(=O)N(C)Cc1cccc(NC(C)c2csc(Cl)c2)c1. The molecule has 5 heteroatoms. The van der Waals surface area contributed by atoms with Crippen LogP contribution in [0.25, 0.3) is 0 Å². The Hall–Kier alpha value is -1.52. The van der Waals surface area contributed by atoms with E-state index in [1.807, 2.05) is 24.3 Å². The number of benzene rings is 1. The monoisotopic (exact) mass is 322 g/mol. The van der Waals surface area contributed by atoms with Crippen LogP contribution < -0.4 is 5.32 Å². The molecule has 0 aliphatic rings. The van der Waals surface area contributed by atoms with E-state index >= 15 is 0 Å². The van der Waals surface area contributed by atoms with Crippen molar-refractivity contribution in [2.45, 2.75) is 26.4 Å². The molecule has 0 saturated heterocycles. The number of nitrogens with one attached hydrogen (secondary N) is 1. The maximum absolute atomic E-state index is 11.3. The molecule has 0 aliphatic heterocycles. The number of amides is 1. The first-order chi connectivity index (χ1) is 9.95. The summed E-state index contributed by atoms with van der Waals surface area (Å²) in [7, 11) is 1.80. The molecule has 1 unspecified atom stereocenters. The van der Waals surface area contributed by atoms with Gasteiger partial charge in [-0.2, -0.15) is 0 Å². The van der Waals surface area contributed by atoms with Gasteiger partial charge in [0.25, 0.3) is 0 Å². The minimum Gasteiger partial charge on any atom is -0.378 e. The van der Waals surface area contributed by atoms with Crippen molar-refractivity contribution in [2.75, 3.05) is 12.4 Å². The van der Waals surface area contributed by atoms with Crippen molar-refractivity contribution in [2.24, 2.45) is 0 Å². The smallest absolute Gasteiger partial charge is 0.219 e. The van der Waals surface area contributed by atoms with E-state index in [1.165, 1.54) is 16.9 Å². The second-order valence-corrected chi connectivity index (χ2v) is 6.67. The zero-order chi connectivity index (χ0) is 15.4. The Kier molecular flexibility index (Phi) is 5.26. The van der Waals surface area contributed by atoms with E-state index in [9.17, 15) is 4.79 Å². The van der Waals surface area contributed by atoms with Crippen LogP contribution in [-0.2, 0) is 11.3 Å². The highest BCUT2D eigenvalue weighted by Gasteiger charge is 2.09. The van der Waals surface area contributed by atoms with Gasteiger partial charge in [0.05, 0.1) is 4.34 Å². The van der Waals surface area contributed by atoms with Gasteiger partial charge in [0, 0.05) is 32.2 Å². The van der Waals surface area contributed by atoms with Crippen LogP contribution in [0.1, 0.15) is 31.0 Å². The van der Waals surface area contributed by atoms with E-state index in [1.54, 1.807) is 18.9 Å². The second kappa shape index (κ2) is 6.96. The normalized spacial score (nSPS) is 12.0. The van der Waals surface area contributed by atoms with Crippen LogP contribution in [0.3, 0.4) is 0 Å². The molecule has 0 aliphatic carbocycles. The van der Waals surface area contributed by atoms with E-state index in [0.29, 0.717) is 6.54 Å². The summed E-state index contributed by atoms with van der Waals surface area (Å²) in [6.07, 6.45) is 0. The van der Waals surface area contributed by atoms with Crippen molar-refractivity contribution >= 4 is 34.5 Å². The number of anilines is 1. The number of thiophene rings is 1. The molecule has 1 atom stereocenters. The molecule has 0 fully saturated rings. The van der Waals surface area contributed by atoms with Crippen LogP contribution in [0.2, 0.25) is 4.34 Å². The first-order valence-electron chi connectivity index (χ1n) is 6.77. The van der Waals surface area contributed by atoms with Gasteiger partial charge in [-0.05, 0) is 41.6 Å². The van der Waals surface area contributed by atoms with Gasteiger partial charge in [0.2, 0.25) is 5.91 Å². The minimum atomic E-state index is 0.0645. The van der Waals surface area contributed by atoms with Crippen LogP contribution >= 0.6 is 22.9 Å². The van der Waals surface area contributed by atoms with Gasteiger partial charge in [-0.15, -0.1) is 11.3 Å². The number of hydrogen-bond acceptors (Lipinski definition) is 3. The third kappa shape index (κ3) is 4.48. The van der Waals surface area contributed by atoms with Crippen LogP contribution in [-0.4, -0.2) is 17.9 Å². The lowest BCUT2D eigenvalue weighted by atomic mass is 10.1. The highest BCUT2D eigenvalue weighted by Crippen LogP contribution is 2.27. The van der Waals surface area contributed by atoms with Crippen LogP contribution in [0.5, 0.6) is 0 Å². The Labute approximate surface area is 134 Å². The van der Waals surface area contributed by atoms with Crippen LogP contribution in [0.4, 0.5) is 5.69 Å². The molecular formula is C16H19ClN2OS. The average Bonchev–Trinajstić information content (AvgIpc) is 2.86. The topological polar surface area (TPSA) is 32.3 Å². The van der Waals surface area contributed by atoms with Crippen LogP contribution in [0, 0.1) is 0 Å². The third-order valence-electron chi connectivity index (χ3n) is 3.36. The summed E-state index contributed by atoms with van der Waals surface area (Å²) in [4.78, 5) is 13.0. The van der Waals surface area contributed by atoms with E-state index in [4.69, 9.17) is 11.6 Å². The molecule has 0 bridgehead atoms. The first-order valence-corrected chi connectivity index (χ1v) is 8.02. The summed E-state index contributed by atoms with van der Waals surface area (Å²) in [5, 5.41) is 5.52. The minimum absolute atomic E-state index is 0.0645. The molecule has 112 valence electrons. The molecule has 3 nitrogen and oxygen atoms in total. The molecule has 0 saturated carbocycles. The number of nitrogens with zero attached hydrogens (tertiary/aromatic N) is 1. The van der Waals surface area contributed by atoms with E-state index in [2.05, 4.69) is 23.7 Å². The van der Waals surface area contributed by atoms with Gasteiger partial charge < -0.3 is 10.2 Å². The number of carbonyl (C=O) groups is 1. The van der Waals surface area contributed by atoms with E-state index in [-0.39, 0.29) is 11.9 Å². The van der Waals surface area contributed by atoms with Crippen molar-refractivity contribution in [3.05, 3.63) is 51.2 Å². The van der Waals surface area contributed by atoms with Crippen molar-refractivity contribution in [3.8, 4) is 0 Å². The standard InChI is InChI=1S/C16H19ClN2OS/c1-11(14-8-16(17)21-10-14)18-15-6-4-5-13(7-15)9-19(3)12(2)20/h4-8,10-11,18H,9H2,1-3H3. The van der Waals surface area contributed by atoms with E-state index < -0.39 is 0 Å². The number of rotatable bonds is 5. The fraction of sp³-hybridized carbons (Fsp3) is 0.312. The molecule has 2 aromatic rings. The molecule has 21 heavy (non-hydrogen) atoms. The second-order valence-electron chi connectivity index (χ2n) is 5.13. The Bertz CT molecular complexity index is 626. The number of hydrogen-bond donors (Lipinski definition) is 1. The zero-order valence-electron chi connectivity index (χ0n) is 12.4. The summed E-state index contributed by atoms with van der Waals surface area (Å²) in [6, 6.07) is 10.3. The van der Waals surface area contributed by atoms with Crippen molar-refractivity contribution in [3.63, 3.8) is 0 Å². The van der Waals surface area contributed by atoms with Gasteiger partial charge in [0.15, 0.2) is 0 Å². The maximum atomic E-state index is 11.3. The third-order valence-corrected chi connectivity index (χ3v) is 4.46. The fourth-order valence-electron chi connectivity index (χ4n) is 2.03. The Morgan fingerprint density at radius 2 is 2.19 bits per heavy atom. The molecule has 1 heterocycles. The lowest BCUT2D eigenvalue weighted by molar-refractivity contribution is -0.128. The Balaban J connectivity index is 2.05. The lowest BCUT2D eigenvalue weighted by Crippen LogP contribution is -2.23. The maximum Gasteiger partial charge on any atom is 0.219 e. The highest BCUT2D eigenvalue weighted by molar-refractivity contribution is 7.14. The predicted octanol–water partition coefficient (Wildman–Crippen LogP) is 4.55. The summed E-state index contributed by atoms with van der Waals surface area (Å²) in [5.41, 5.74) is 3.32. The molecule has 0 radical (unpaired) electrons. The molecule has 1 N–H and O–H groups in total. The zero-order valence-corrected chi connectivity index (χ0v) is 14.0. The van der Waals surface area contributed by atoms with E-state index in [0.717, 1.165) is 15.6 Å². The molecule has 1 aromatic carbocycles. The largest absolute Gasteiger partial charge is 0.378 e. The van der Waals surface area contributed by atoms with Gasteiger partial charge >= 0.3 is 0 Å². The summed E-state index contributed by atoms with van der Waals surface area (Å²) in [5.74, 6) is 0.0645. The average molecular weight is 323 g/mol. The number of halogens is 1. The highest BCUT2D eigenvalue weighted by atomic mass is 35.5. The summed E-state index contributed by atoms with van der Waals surface area (Å²) >= 11 is 7.51. The molecule has 2 rings (SSSR count). The van der Waals surface area contributed by atoms with Crippen molar-refractivity contribution in [1.82, 2.24) is 4.90 Å². The summed E-state index contributed by atoms with van der Waals surface area (Å²) in [6.45, 7) is 4.29. The Morgan fingerprint density at radius 3 is 2.81 bits per heavy atom. The Morgan fingerprint density at radius 1 is 1.43 bits per heavy atom.